The number of hydrogen-bond donors (Lipinski definition) is 1. The lowest BCUT2D eigenvalue weighted by Gasteiger charge is -2.19. The summed E-state index contributed by atoms with van der Waals surface area (Å²) in [5.41, 5.74) is 0. The molecule has 1 heterocycles. The molecule has 0 aromatic carbocycles. The molecule has 1 saturated heterocycles. The van der Waals surface area contributed by atoms with Crippen LogP contribution in [0.4, 0.5) is 4.79 Å². The number of nitrogens with one attached hydrogen (secondary N) is 1. The molecule has 1 fully saturated rings. The van der Waals surface area contributed by atoms with Crippen molar-refractivity contribution in [2.45, 2.75) is 26.2 Å². The number of urea groups is 1. The molecular formula is C12H25N3O. The van der Waals surface area contributed by atoms with Gasteiger partial charge in [0, 0.05) is 26.2 Å². The molecule has 0 spiro atoms. The molecule has 16 heavy (non-hydrogen) atoms. The SMILES string of the molecule is CCCCNC(=O)N1CCC(CN(C)C)C1. The Morgan fingerprint density at radius 3 is 2.88 bits per heavy atom. The number of carbonyl (C=O) groups excluding carboxylic acids is 1. The topological polar surface area (TPSA) is 35.6 Å². The first-order valence-electron chi connectivity index (χ1n) is 6.31. The van der Waals surface area contributed by atoms with Crippen LogP contribution in [0.25, 0.3) is 0 Å². The van der Waals surface area contributed by atoms with Crippen LogP contribution in [0, 0.1) is 5.92 Å². The normalized spacial score (nSPS) is 20.5. The molecule has 1 unspecified atom stereocenters. The summed E-state index contributed by atoms with van der Waals surface area (Å²) in [7, 11) is 4.17. The zero-order chi connectivity index (χ0) is 12.0. The molecule has 0 aromatic heterocycles. The lowest BCUT2D eigenvalue weighted by Crippen LogP contribution is -2.39. The predicted molar refractivity (Wildman–Crippen MR) is 66.5 cm³/mol. The molecule has 0 aliphatic carbocycles. The number of nitrogens with zero attached hydrogens (tertiary/aromatic N) is 2. The molecule has 0 radical (unpaired) electrons. The van der Waals surface area contributed by atoms with Crippen molar-refractivity contribution in [2.24, 2.45) is 5.92 Å². The minimum atomic E-state index is 0.120. The highest BCUT2D eigenvalue weighted by Gasteiger charge is 2.25. The minimum Gasteiger partial charge on any atom is -0.338 e. The van der Waals surface area contributed by atoms with Crippen LogP contribution in [0.2, 0.25) is 0 Å². The summed E-state index contributed by atoms with van der Waals surface area (Å²) >= 11 is 0. The third-order valence-corrected chi connectivity index (χ3v) is 3.00. The minimum absolute atomic E-state index is 0.120. The molecule has 0 bridgehead atoms. The largest absolute Gasteiger partial charge is 0.338 e. The van der Waals surface area contributed by atoms with E-state index in [1.807, 2.05) is 4.90 Å². The predicted octanol–water partition coefficient (Wildman–Crippen LogP) is 1.38. The fourth-order valence-electron chi connectivity index (χ4n) is 2.17. The molecular weight excluding hydrogens is 202 g/mol. The molecule has 1 N–H and O–H groups in total. The molecule has 4 heteroatoms. The van der Waals surface area contributed by atoms with Crippen molar-refractivity contribution in [1.82, 2.24) is 15.1 Å². The van der Waals surface area contributed by atoms with Crippen molar-refractivity contribution in [2.75, 3.05) is 40.3 Å². The highest BCUT2D eigenvalue weighted by Crippen LogP contribution is 2.16. The Morgan fingerprint density at radius 1 is 1.50 bits per heavy atom. The first-order chi connectivity index (χ1) is 7.63. The van der Waals surface area contributed by atoms with Gasteiger partial charge in [0.15, 0.2) is 0 Å². The Balaban J connectivity index is 2.21. The van der Waals surface area contributed by atoms with Gasteiger partial charge in [0.1, 0.15) is 0 Å². The maximum atomic E-state index is 11.8. The van der Waals surface area contributed by atoms with Crippen LogP contribution in [-0.2, 0) is 0 Å². The molecule has 2 amide bonds. The average molecular weight is 227 g/mol. The van der Waals surface area contributed by atoms with E-state index in [1.54, 1.807) is 0 Å². The number of amides is 2. The van der Waals surface area contributed by atoms with Gasteiger partial charge in [-0.2, -0.15) is 0 Å². The van der Waals surface area contributed by atoms with Crippen LogP contribution in [-0.4, -0.2) is 56.1 Å². The van der Waals surface area contributed by atoms with Crippen LogP contribution in [0.1, 0.15) is 26.2 Å². The van der Waals surface area contributed by atoms with E-state index < -0.39 is 0 Å². The lowest BCUT2D eigenvalue weighted by molar-refractivity contribution is 0.205. The zero-order valence-electron chi connectivity index (χ0n) is 10.8. The quantitative estimate of drug-likeness (QED) is 0.720. The standard InChI is InChI=1S/C12H25N3O/c1-4-5-7-13-12(16)15-8-6-11(10-15)9-14(2)3/h11H,4-10H2,1-3H3,(H,13,16). The summed E-state index contributed by atoms with van der Waals surface area (Å²) in [5.74, 6) is 0.645. The monoisotopic (exact) mass is 227 g/mol. The van der Waals surface area contributed by atoms with Gasteiger partial charge in [0.2, 0.25) is 0 Å². The number of likely N-dealkylation sites (tertiary alicyclic amines) is 1. The van der Waals surface area contributed by atoms with E-state index in [0.29, 0.717) is 5.92 Å². The number of rotatable bonds is 5. The van der Waals surface area contributed by atoms with Gasteiger partial charge >= 0.3 is 6.03 Å². The molecule has 0 saturated carbocycles. The maximum Gasteiger partial charge on any atom is 0.317 e. The van der Waals surface area contributed by atoms with Crippen LogP contribution in [0.15, 0.2) is 0 Å². The summed E-state index contributed by atoms with van der Waals surface area (Å²) in [4.78, 5) is 15.9. The van der Waals surface area contributed by atoms with Crippen molar-refractivity contribution >= 4 is 6.03 Å². The highest BCUT2D eigenvalue weighted by molar-refractivity contribution is 5.74. The van der Waals surface area contributed by atoms with Crippen LogP contribution >= 0.6 is 0 Å². The summed E-state index contributed by atoms with van der Waals surface area (Å²) in [5, 5.41) is 2.97. The Labute approximate surface area is 99.0 Å². The van der Waals surface area contributed by atoms with Crippen molar-refractivity contribution in [3.8, 4) is 0 Å². The summed E-state index contributed by atoms with van der Waals surface area (Å²) in [6, 6.07) is 0.120. The van der Waals surface area contributed by atoms with Crippen molar-refractivity contribution in [1.29, 1.82) is 0 Å². The fourth-order valence-corrected chi connectivity index (χ4v) is 2.17. The lowest BCUT2D eigenvalue weighted by atomic mass is 10.1. The first-order valence-corrected chi connectivity index (χ1v) is 6.31. The van der Waals surface area contributed by atoms with Gasteiger partial charge in [-0.05, 0) is 32.9 Å². The molecule has 0 aromatic rings. The third-order valence-electron chi connectivity index (χ3n) is 3.00. The van der Waals surface area contributed by atoms with Crippen molar-refractivity contribution in [3.05, 3.63) is 0 Å². The third kappa shape index (κ3) is 4.39. The zero-order valence-corrected chi connectivity index (χ0v) is 10.8. The summed E-state index contributed by atoms with van der Waals surface area (Å²) < 4.78 is 0. The van der Waals surface area contributed by atoms with Gasteiger partial charge in [-0.15, -0.1) is 0 Å². The number of carbonyl (C=O) groups is 1. The van der Waals surface area contributed by atoms with Gasteiger partial charge in [0.05, 0.1) is 0 Å². The van der Waals surface area contributed by atoms with Gasteiger partial charge in [-0.3, -0.25) is 0 Å². The Bertz CT molecular complexity index is 218. The van der Waals surface area contributed by atoms with E-state index in [1.165, 1.54) is 0 Å². The molecule has 1 atom stereocenters. The Kier molecular flexibility index (Phi) is 5.60. The molecule has 4 nitrogen and oxygen atoms in total. The molecule has 94 valence electrons. The van der Waals surface area contributed by atoms with Crippen LogP contribution in [0.5, 0.6) is 0 Å². The van der Waals surface area contributed by atoms with Gasteiger partial charge in [-0.1, -0.05) is 13.3 Å². The average Bonchev–Trinajstić information content (AvgIpc) is 2.65. The number of unbranched alkanes of at least 4 members (excludes halogenated alkanes) is 1. The van der Waals surface area contributed by atoms with E-state index in [2.05, 4.69) is 31.2 Å². The first kappa shape index (κ1) is 13.3. The van der Waals surface area contributed by atoms with Gasteiger partial charge in [0.25, 0.3) is 0 Å². The molecule has 1 aliphatic rings. The van der Waals surface area contributed by atoms with E-state index in [4.69, 9.17) is 0 Å². The second-order valence-electron chi connectivity index (χ2n) is 4.95. The van der Waals surface area contributed by atoms with Gasteiger partial charge < -0.3 is 15.1 Å². The fraction of sp³-hybridized carbons (Fsp3) is 0.917. The maximum absolute atomic E-state index is 11.8. The second-order valence-corrected chi connectivity index (χ2v) is 4.95. The van der Waals surface area contributed by atoms with E-state index in [0.717, 1.165) is 45.4 Å². The van der Waals surface area contributed by atoms with Gasteiger partial charge in [-0.25, -0.2) is 4.79 Å². The Morgan fingerprint density at radius 2 is 2.25 bits per heavy atom. The van der Waals surface area contributed by atoms with Crippen LogP contribution in [0.3, 0.4) is 0 Å². The second kappa shape index (κ2) is 6.74. The van der Waals surface area contributed by atoms with Crippen LogP contribution < -0.4 is 5.32 Å². The van der Waals surface area contributed by atoms with E-state index in [9.17, 15) is 4.79 Å². The van der Waals surface area contributed by atoms with Crippen molar-refractivity contribution < 1.29 is 4.79 Å². The number of hydrogen-bond acceptors (Lipinski definition) is 2. The molecule has 1 aliphatic heterocycles. The summed E-state index contributed by atoms with van der Waals surface area (Å²) in [6.45, 7) is 5.85. The van der Waals surface area contributed by atoms with Crippen molar-refractivity contribution in [3.63, 3.8) is 0 Å². The van der Waals surface area contributed by atoms with E-state index >= 15 is 0 Å². The Hall–Kier alpha value is -0.770. The smallest absolute Gasteiger partial charge is 0.317 e. The summed E-state index contributed by atoms with van der Waals surface area (Å²) in [6.07, 6.45) is 3.34. The highest BCUT2D eigenvalue weighted by atomic mass is 16.2. The van der Waals surface area contributed by atoms with E-state index in [-0.39, 0.29) is 6.03 Å². The molecule has 1 rings (SSSR count).